The minimum atomic E-state index is -1.31. The fraction of sp³-hybridized carbons (Fsp3) is 0.682. The molecular formula is C22H26O8. The Hall–Kier alpha value is -2.19. The topological polar surface area (TPSA) is 119 Å². The first kappa shape index (κ1) is 19.8. The van der Waals surface area contributed by atoms with Gasteiger partial charge >= 0.3 is 17.9 Å². The molecule has 0 amide bonds. The van der Waals surface area contributed by atoms with E-state index >= 15 is 0 Å². The summed E-state index contributed by atoms with van der Waals surface area (Å²) in [5.74, 6) is -3.41. The Bertz CT molecular complexity index is 909. The fourth-order valence-electron chi connectivity index (χ4n) is 7.37. The summed E-state index contributed by atoms with van der Waals surface area (Å²) in [5, 5.41) is 21.9. The highest BCUT2D eigenvalue weighted by Crippen LogP contribution is 2.77. The van der Waals surface area contributed by atoms with Crippen molar-refractivity contribution in [3.05, 3.63) is 24.3 Å². The van der Waals surface area contributed by atoms with Crippen LogP contribution >= 0.6 is 0 Å². The molecule has 30 heavy (non-hydrogen) atoms. The van der Waals surface area contributed by atoms with Crippen LogP contribution in [-0.2, 0) is 28.6 Å². The maximum absolute atomic E-state index is 13.4. The van der Waals surface area contributed by atoms with E-state index in [1.54, 1.807) is 19.1 Å². The molecule has 4 aliphatic carbocycles. The molecule has 0 aromatic rings. The number of aliphatic hydroxyl groups is 2. The molecule has 2 N–H and O–H groups in total. The molecule has 162 valence electrons. The monoisotopic (exact) mass is 418 g/mol. The summed E-state index contributed by atoms with van der Waals surface area (Å²) in [6.07, 6.45) is 4.01. The molecule has 1 aliphatic heterocycles. The van der Waals surface area contributed by atoms with Crippen molar-refractivity contribution in [3.8, 4) is 0 Å². The SMILES string of the molecule is C=C1C[C@]23C[C@@]1(O)CC[C@H]2C12C=C[C@H](O)[C@@](C)(C(=O)O1)C2[C@@H]3C(=O)OCOC(C)=O. The Morgan fingerprint density at radius 3 is 2.80 bits per heavy atom. The van der Waals surface area contributed by atoms with E-state index in [1.165, 1.54) is 6.92 Å². The van der Waals surface area contributed by atoms with Crippen LogP contribution in [0.2, 0.25) is 0 Å². The van der Waals surface area contributed by atoms with Gasteiger partial charge < -0.3 is 24.4 Å². The van der Waals surface area contributed by atoms with E-state index in [9.17, 15) is 24.6 Å². The highest BCUT2D eigenvalue weighted by atomic mass is 16.7. The zero-order valence-corrected chi connectivity index (χ0v) is 17.1. The van der Waals surface area contributed by atoms with Gasteiger partial charge in [-0.25, -0.2) is 0 Å². The van der Waals surface area contributed by atoms with E-state index in [0.717, 1.165) is 0 Å². The summed E-state index contributed by atoms with van der Waals surface area (Å²) in [7, 11) is 0. The van der Waals surface area contributed by atoms with Crippen molar-refractivity contribution in [2.75, 3.05) is 6.79 Å². The van der Waals surface area contributed by atoms with E-state index in [1.807, 2.05) is 0 Å². The lowest BCUT2D eigenvalue weighted by Crippen LogP contribution is -2.51. The predicted octanol–water partition coefficient (Wildman–Crippen LogP) is 1.01. The summed E-state index contributed by atoms with van der Waals surface area (Å²) in [5.41, 5.74) is -3.45. The van der Waals surface area contributed by atoms with E-state index in [2.05, 4.69) is 6.58 Å². The molecule has 0 radical (unpaired) electrons. The first-order valence-corrected chi connectivity index (χ1v) is 10.3. The number of hydrogen-bond donors (Lipinski definition) is 2. The van der Waals surface area contributed by atoms with Crippen molar-refractivity contribution in [1.29, 1.82) is 0 Å². The molecule has 8 nitrogen and oxygen atoms in total. The van der Waals surface area contributed by atoms with E-state index in [4.69, 9.17) is 14.2 Å². The average molecular weight is 418 g/mol. The van der Waals surface area contributed by atoms with E-state index in [-0.39, 0.29) is 5.92 Å². The predicted molar refractivity (Wildman–Crippen MR) is 100 cm³/mol. The standard InChI is InChI=1S/C22H26O8/c1-11-8-20-9-21(11,27)6-4-13(20)22-7-5-14(24)19(3,18(26)30-22)16(22)15(20)17(25)29-10-28-12(2)23/h5,7,13-16,24,27H,1,4,6,8-10H2,2-3H3/t13-,14+,15-,16?,19-,20+,21+,22?/m1/s1. The molecule has 2 unspecified atom stereocenters. The van der Waals surface area contributed by atoms with Crippen LogP contribution in [0.25, 0.3) is 0 Å². The molecule has 4 fully saturated rings. The Morgan fingerprint density at radius 1 is 1.37 bits per heavy atom. The first-order valence-electron chi connectivity index (χ1n) is 10.3. The molecule has 5 aliphatic rings. The maximum Gasteiger partial charge on any atom is 0.316 e. The van der Waals surface area contributed by atoms with Crippen molar-refractivity contribution in [2.24, 2.45) is 28.6 Å². The second-order valence-corrected chi connectivity index (χ2v) is 9.82. The van der Waals surface area contributed by atoms with Crippen LogP contribution in [0, 0.1) is 28.6 Å². The van der Waals surface area contributed by atoms with Crippen molar-refractivity contribution >= 4 is 17.9 Å². The second kappa shape index (κ2) is 5.73. The number of esters is 3. The molecule has 0 aromatic heterocycles. The molecule has 1 heterocycles. The highest BCUT2D eigenvalue weighted by Gasteiger charge is 2.83. The number of fused-ring (bicyclic) bond motifs is 1. The van der Waals surface area contributed by atoms with Gasteiger partial charge in [0.05, 0.1) is 17.6 Å². The fourth-order valence-corrected chi connectivity index (χ4v) is 7.37. The van der Waals surface area contributed by atoms with Crippen molar-refractivity contribution in [3.63, 3.8) is 0 Å². The Morgan fingerprint density at radius 2 is 2.10 bits per heavy atom. The van der Waals surface area contributed by atoms with Gasteiger partial charge in [0.15, 0.2) is 0 Å². The lowest BCUT2D eigenvalue weighted by Gasteiger charge is -2.44. The third-order valence-corrected chi connectivity index (χ3v) is 8.57. The molecule has 5 rings (SSSR count). The van der Waals surface area contributed by atoms with Crippen LogP contribution in [0.3, 0.4) is 0 Å². The van der Waals surface area contributed by atoms with Crippen LogP contribution in [0.4, 0.5) is 0 Å². The van der Waals surface area contributed by atoms with Gasteiger partial charge in [0.2, 0.25) is 6.79 Å². The largest absolute Gasteiger partial charge is 0.454 e. The summed E-state index contributed by atoms with van der Waals surface area (Å²) in [6.45, 7) is 6.40. The molecule has 1 saturated heterocycles. The molecule has 1 spiro atoms. The highest BCUT2D eigenvalue weighted by molar-refractivity contribution is 5.87. The van der Waals surface area contributed by atoms with Crippen LogP contribution in [-0.4, -0.2) is 52.2 Å². The lowest BCUT2D eigenvalue weighted by molar-refractivity contribution is -0.177. The maximum atomic E-state index is 13.4. The normalized spacial score (nSPS) is 50.0. The van der Waals surface area contributed by atoms with Gasteiger partial charge in [-0.15, -0.1) is 0 Å². The van der Waals surface area contributed by atoms with Gasteiger partial charge in [0, 0.05) is 18.8 Å². The molecular weight excluding hydrogens is 392 g/mol. The second-order valence-electron chi connectivity index (χ2n) is 9.82. The van der Waals surface area contributed by atoms with Gasteiger partial charge in [-0.2, -0.15) is 0 Å². The zero-order chi connectivity index (χ0) is 21.7. The molecule has 4 bridgehead atoms. The van der Waals surface area contributed by atoms with Crippen molar-refractivity contribution < 1.29 is 38.8 Å². The summed E-state index contributed by atoms with van der Waals surface area (Å²) >= 11 is 0. The third-order valence-electron chi connectivity index (χ3n) is 8.57. The van der Waals surface area contributed by atoms with Gasteiger partial charge in [-0.3, -0.25) is 14.4 Å². The average Bonchev–Trinajstić information content (AvgIpc) is 3.08. The van der Waals surface area contributed by atoms with Crippen LogP contribution in [0.15, 0.2) is 24.3 Å². The van der Waals surface area contributed by atoms with Crippen molar-refractivity contribution in [1.82, 2.24) is 0 Å². The molecule has 8 heteroatoms. The van der Waals surface area contributed by atoms with Gasteiger partial charge in [-0.05, 0) is 49.7 Å². The lowest BCUT2D eigenvalue weighted by atomic mass is 9.61. The quantitative estimate of drug-likeness (QED) is 0.396. The number of ether oxygens (including phenoxy) is 3. The van der Waals surface area contributed by atoms with Crippen LogP contribution < -0.4 is 0 Å². The van der Waals surface area contributed by atoms with E-state index in [0.29, 0.717) is 31.3 Å². The van der Waals surface area contributed by atoms with Gasteiger partial charge in [0.1, 0.15) is 11.0 Å². The third kappa shape index (κ3) is 2.06. The number of aliphatic hydroxyl groups excluding tert-OH is 1. The summed E-state index contributed by atoms with van der Waals surface area (Å²) in [6, 6.07) is 0. The number of carbonyl (C=O) groups is 3. The summed E-state index contributed by atoms with van der Waals surface area (Å²) in [4.78, 5) is 37.5. The molecule has 8 atom stereocenters. The van der Waals surface area contributed by atoms with Crippen molar-refractivity contribution in [2.45, 2.75) is 56.8 Å². The zero-order valence-electron chi connectivity index (χ0n) is 17.1. The van der Waals surface area contributed by atoms with Crippen LogP contribution in [0.1, 0.15) is 39.5 Å². The Balaban J connectivity index is 1.64. The van der Waals surface area contributed by atoms with E-state index < -0.39 is 64.7 Å². The van der Waals surface area contributed by atoms with Gasteiger partial charge in [-0.1, -0.05) is 12.7 Å². The minimum Gasteiger partial charge on any atom is -0.454 e. The minimum absolute atomic E-state index is 0.213. The smallest absolute Gasteiger partial charge is 0.316 e. The molecule has 3 saturated carbocycles. The first-order chi connectivity index (χ1) is 14.0. The molecule has 0 aromatic carbocycles. The Kier molecular flexibility index (Phi) is 3.78. The Labute approximate surface area is 173 Å². The summed E-state index contributed by atoms with van der Waals surface area (Å²) < 4.78 is 16.1. The number of rotatable bonds is 3. The van der Waals surface area contributed by atoms with Gasteiger partial charge in [0.25, 0.3) is 0 Å². The number of hydrogen-bond acceptors (Lipinski definition) is 8. The van der Waals surface area contributed by atoms with Crippen LogP contribution in [0.5, 0.6) is 0 Å². The number of carbonyl (C=O) groups excluding carboxylic acids is 3.